The third kappa shape index (κ3) is 7.03. The lowest BCUT2D eigenvalue weighted by Crippen LogP contribution is -2.34. The summed E-state index contributed by atoms with van der Waals surface area (Å²) in [6.45, 7) is -3.84. The maximum atomic E-state index is 12.7. The van der Waals surface area contributed by atoms with E-state index in [4.69, 9.17) is 4.74 Å². The van der Waals surface area contributed by atoms with Gasteiger partial charge in [0.05, 0.1) is 7.11 Å². The first kappa shape index (κ1) is 24.2. The van der Waals surface area contributed by atoms with Crippen LogP contribution in [-0.4, -0.2) is 57.3 Å². The molecule has 2 aromatic carbocycles. The summed E-state index contributed by atoms with van der Waals surface area (Å²) in [6, 6.07) is 11.1. The van der Waals surface area contributed by atoms with Crippen LogP contribution in [0, 0.1) is 0 Å². The van der Waals surface area contributed by atoms with E-state index in [0.29, 0.717) is 19.6 Å². The Morgan fingerprint density at radius 1 is 0.909 bits per heavy atom. The number of alkyl halides is 4. The average Bonchev–Trinajstić information content (AvgIpc) is 3.04. The van der Waals surface area contributed by atoms with E-state index < -0.39 is 13.2 Å². The Morgan fingerprint density at radius 3 is 2.27 bits per heavy atom. The summed E-state index contributed by atoms with van der Waals surface area (Å²) >= 11 is 0. The van der Waals surface area contributed by atoms with Gasteiger partial charge < -0.3 is 24.0 Å². The summed E-state index contributed by atoms with van der Waals surface area (Å²) in [7, 11) is 1.60. The second-order valence-electron chi connectivity index (χ2n) is 7.15. The first-order valence-corrected chi connectivity index (χ1v) is 10.3. The molecule has 1 aliphatic rings. The number of hydrogen-bond acceptors (Lipinski definition) is 5. The van der Waals surface area contributed by atoms with Gasteiger partial charge in [-0.05, 0) is 48.9 Å². The molecule has 0 atom stereocenters. The molecule has 2 aromatic rings. The van der Waals surface area contributed by atoms with Crippen LogP contribution in [0.1, 0.15) is 12.0 Å². The fourth-order valence-corrected chi connectivity index (χ4v) is 3.48. The van der Waals surface area contributed by atoms with E-state index in [1.54, 1.807) is 12.0 Å². The van der Waals surface area contributed by atoms with Crippen LogP contribution in [0.2, 0.25) is 0 Å². The number of rotatable bonds is 8. The summed E-state index contributed by atoms with van der Waals surface area (Å²) in [6.07, 6.45) is 3.33. The first-order chi connectivity index (χ1) is 15.9. The molecule has 1 heterocycles. The number of hydrogen-bond donors (Lipinski definition) is 0. The SMILES string of the molecule is COc1ccc(N2CCCN(C(=O)/C=C/c3ccc(OC(F)F)cc3OC(F)F)CC2)cc1. The maximum absolute atomic E-state index is 12.7. The predicted octanol–water partition coefficient (Wildman–Crippen LogP) is 4.65. The molecule has 0 N–H and O–H groups in total. The van der Waals surface area contributed by atoms with Crippen LogP contribution in [0.25, 0.3) is 6.08 Å². The highest BCUT2D eigenvalue weighted by Crippen LogP contribution is 2.28. The number of carbonyl (C=O) groups is 1. The van der Waals surface area contributed by atoms with Gasteiger partial charge in [-0.25, -0.2) is 0 Å². The van der Waals surface area contributed by atoms with Gasteiger partial charge in [-0.3, -0.25) is 4.79 Å². The van der Waals surface area contributed by atoms with Crippen LogP contribution >= 0.6 is 0 Å². The van der Waals surface area contributed by atoms with Crippen molar-refractivity contribution in [3.63, 3.8) is 0 Å². The van der Waals surface area contributed by atoms with Crippen molar-refractivity contribution in [2.75, 3.05) is 38.2 Å². The lowest BCUT2D eigenvalue weighted by atomic mass is 10.1. The summed E-state index contributed by atoms with van der Waals surface area (Å²) in [4.78, 5) is 16.5. The Labute approximate surface area is 188 Å². The van der Waals surface area contributed by atoms with Gasteiger partial charge in [0.15, 0.2) is 0 Å². The largest absolute Gasteiger partial charge is 0.497 e. The molecule has 1 amide bonds. The molecule has 178 valence electrons. The van der Waals surface area contributed by atoms with E-state index in [9.17, 15) is 22.4 Å². The monoisotopic (exact) mass is 468 g/mol. The van der Waals surface area contributed by atoms with Crippen molar-refractivity contribution in [3.8, 4) is 17.2 Å². The third-order valence-corrected chi connectivity index (χ3v) is 5.08. The molecule has 0 bridgehead atoms. The zero-order valence-electron chi connectivity index (χ0n) is 17.9. The van der Waals surface area contributed by atoms with Crippen LogP contribution in [0.4, 0.5) is 23.2 Å². The minimum atomic E-state index is -3.16. The van der Waals surface area contributed by atoms with Crippen LogP contribution in [0.5, 0.6) is 17.2 Å². The highest BCUT2D eigenvalue weighted by atomic mass is 19.3. The van der Waals surface area contributed by atoms with Gasteiger partial charge in [0.2, 0.25) is 5.91 Å². The number of benzene rings is 2. The Morgan fingerprint density at radius 2 is 1.61 bits per heavy atom. The molecule has 1 fully saturated rings. The molecule has 0 spiro atoms. The molecule has 1 saturated heterocycles. The van der Waals surface area contributed by atoms with Gasteiger partial charge in [-0.2, -0.15) is 17.6 Å². The topological polar surface area (TPSA) is 51.2 Å². The molecule has 6 nitrogen and oxygen atoms in total. The number of carbonyl (C=O) groups excluding carboxylic acids is 1. The van der Waals surface area contributed by atoms with Gasteiger partial charge in [0, 0.05) is 49.6 Å². The standard InChI is InChI=1S/C23H24F4N2O4/c1-31-18-8-5-17(6-9-18)28-11-2-12-29(14-13-28)21(30)10-4-16-3-7-19(32-22(24)25)15-20(16)33-23(26)27/h3-10,15,22-23H,2,11-14H2,1H3/b10-4+. The Kier molecular flexibility index (Phi) is 8.39. The lowest BCUT2D eigenvalue weighted by Gasteiger charge is -2.23. The molecule has 0 radical (unpaired) electrons. The summed E-state index contributed by atoms with van der Waals surface area (Å²) < 4.78 is 64.0. The fourth-order valence-electron chi connectivity index (χ4n) is 3.48. The molecular formula is C23H24F4N2O4. The Hall–Kier alpha value is -3.43. The fraction of sp³-hybridized carbons (Fsp3) is 0.348. The summed E-state index contributed by atoms with van der Waals surface area (Å²) in [5, 5.41) is 0. The van der Waals surface area contributed by atoms with Crippen molar-refractivity contribution < 1.29 is 36.6 Å². The minimum absolute atomic E-state index is 0.139. The third-order valence-electron chi connectivity index (χ3n) is 5.08. The van der Waals surface area contributed by atoms with Gasteiger partial charge in [0.1, 0.15) is 17.2 Å². The molecule has 33 heavy (non-hydrogen) atoms. The van der Waals surface area contributed by atoms with Crippen molar-refractivity contribution in [1.29, 1.82) is 0 Å². The van der Waals surface area contributed by atoms with E-state index in [1.165, 1.54) is 24.3 Å². The van der Waals surface area contributed by atoms with Gasteiger partial charge in [-0.1, -0.05) is 0 Å². The van der Waals surface area contributed by atoms with E-state index >= 15 is 0 Å². The van der Waals surface area contributed by atoms with Crippen LogP contribution in [0.3, 0.4) is 0 Å². The highest BCUT2D eigenvalue weighted by molar-refractivity contribution is 5.92. The zero-order valence-corrected chi connectivity index (χ0v) is 17.9. The number of methoxy groups -OCH3 is 1. The number of amides is 1. The molecule has 3 rings (SSSR count). The second-order valence-corrected chi connectivity index (χ2v) is 7.15. The molecule has 0 aliphatic carbocycles. The molecule has 10 heteroatoms. The number of nitrogens with zero attached hydrogens (tertiary/aromatic N) is 2. The molecule has 1 aliphatic heterocycles. The number of ether oxygens (including phenoxy) is 3. The number of anilines is 1. The van der Waals surface area contributed by atoms with Crippen molar-refractivity contribution >= 4 is 17.7 Å². The summed E-state index contributed by atoms with van der Waals surface area (Å²) in [5.41, 5.74) is 1.17. The molecular weight excluding hydrogens is 444 g/mol. The smallest absolute Gasteiger partial charge is 0.387 e. The second kappa shape index (κ2) is 11.4. The molecule has 0 aromatic heterocycles. The summed E-state index contributed by atoms with van der Waals surface area (Å²) in [5.74, 6) is -0.217. The van der Waals surface area contributed by atoms with Crippen LogP contribution in [-0.2, 0) is 4.79 Å². The quantitative estimate of drug-likeness (QED) is 0.417. The molecule has 0 saturated carbocycles. The van der Waals surface area contributed by atoms with Crippen LogP contribution in [0.15, 0.2) is 48.5 Å². The number of halogens is 4. The van der Waals surface area contributed by atoms with Crippen molar-refractivity contribution in [1.82, 2.24) is 4.90 Å². The van der Waals surface area contributed by atoms with Gasteiger partial charge in [0.25, 0.3) is 0 Å². The lowest BCUT2D eigenvalue weighted by molar-refractivity contribution is -0.125. The van der Waals surface area contributed by atoms with Gasteiger partial charge in [-0.15, -0.1) is 0 Å². The average molecular weight is 468 g/mol. The van der Waals surface area contributed by atoms with E-state index in [-0.39, 0.29) is 23.0 Å². The highest BCUT2D eigenvalue weighted by Gasteiger charge is 2.18. The van der Waals surface area contributed by atoms with Crippen molar-refractivity contribution in [2.45, 2.75) is 19.6 Å². The molecule has 0 unspecified atom stereocenters. The zero-order chi connectivity index (χ0) is 23.8. The maximum Gasteiger partial charge on any atom is 0.387 e. The van der Waals surface area contributed by atoms with E-state index in [2.05, 4.69) is 14.4 Å². The predicted molar refractivity (Wildman–Crippen MR) is 115 cm³/mol. The van der Waals surface area contributed by atoms with E-state index in [0.717, 1.165) is 30.5 Å². The Bertz CT molecular complexity index is 954. The normalized spacial score (nSPS) is 14.6. The van der Waals surface area contributed by atoms with Gasteiger partial charge >= 0.3 is 13.2 Å². The van der Waals surface area contributed by atoms with E-state index in [1.807, 2.05) is 24.3 Å². The van der Waals surface area contributed by atoms with Crippen molar-refractivity contribution in [2.24, 2.45) is 0 Å². The Balaban J connectivity index is 1.65. The van der Waals surface area contributed by atoms with Crippen molar-refractivity contribution in [3.05, 3.63) is 54.1 Å². The van der Waals surface area contributed by atoms with Crippen LogP contribution < -0.4 is 19.1 Å². The first-order valence-electron chi connectivity index (χ1n) is 10.3. The minimum Gasteiger partial charge on any atom is -0.497 e.